The van der Waals surface area contributed by atoms with Gasteiger partial charge < -0.3 is 5.32 Å². The van der Waals surface area contributed by atoms with E-state index >= 15 is 0 Å². The third kappa shape index (κ3) is 7.84. The van der Waals surface area contributed by atoms with Crippen LogP contribution in [0.5, 0.6) is 0 Å². The molecule has 15 heavy (non-hydrogen) atoms. The first-order valence-corrected chi connectivity index (χ1v) is 6.76. The van der Waals surface area contributed by atoms with Gasteiger partial charge in [-0.1, -0.05) is 60.3 Å². The van der Waals surface area contributed by atoms with E-state index in [2.05, 4.69) is 39.9 Å². The molecule has 0 aliphatic carbocycles. The molecule has 1 nitrogen and oxygen atoms in total. The third-order valence-electron chi connectivity index (χ3n) is 3.24. The van der Waals surface area contributed by atoms with Crippen molar-refractivity contribution < 1.29 is 0 Å². The molecule has 92 valence electrons. The van der Waals surface area contributed by atoms with Gasteiger partial charge in [0.05, 0.1) is 0 Å². The van der Waals surface area contributed by atoms with Crippen molar-refractivity contribution in [1.82, 2.24) is 5.32 Å². The lowest BCUT2D eigenvalue weighted by atomic mass is 9.79. The van der Waals surface area contributed by atoms with Crippen molar-refractivity contribution in [2.24, 2.45) is 11.3 Å². The van der Waals surface area contributed by atoms with Gasteiger partial charge in [-0.05, 0) is 24.3 Å². The summed E-state index contributed by atoms with van der Waals surface area (Å²) in [4.78, 5) is 0. The van der Waals surface area contributed by atoms with E-state index < -0.39 is 0 Å². The molecule has 0 spiro atoms. The van der Waals surface area contributed by atoms with Crippen LogP contribution in [-0.2, 0) is 0 Å². The molecule has 0 bridgehead atoms. The summed E-state index contributed by atoms with van der Waals surface area (Å²) >= 11 is 0. The average Bonchev–Trinajstić information content (AvgIpc) is 2.21. The molecule has 1 unspecified atom stereocenters. The number of unbranched alkanes of at least 4 members (excludes halogenated alkanes) is 1. The molecule has 1 N–H and O–H groups in total. The Morgan fingerprint density at radius 3 is 2.27 bits per heavy atom. The van der Waals surface area contributed by atoms with Crippen molar-refractivity contribution in [3.8, 4) is 0 Å². The van der Waals surface area contributed by atoms with Crippen LogP contribution in [-0.4, -0.2) is 13.1 Å². The van der Waals surface area contributed by atoms with Crippen LogP contribution in [0.4, 0.5) is 0 Å². The molecule has 0 amide bonds. The predicted molar refractivity (Wildman–Crippen MR) is 70.2 cm³/mol. The Kier molecular flexibility index (Phi) is 8.13. The molecule has 0 aliphatic rings. The molecule has 0 heterocycles. The van der Waals surface area contributed by atoms with E-state index in [-0.39, 0.29) is 0 Å². The van der Waals surface area contributed by atoms with Crippen LogP contribution in [0.1, 0.15) is 66.7 Å². The van der Waals surface area contributed by atoms with Crippen LogP contribution < -0.4 is 5.32 Å². The minimum Gasteiger partial charge on any atom is -0.316 e. The first kappa shape index (κ1) is 15.0. The topological polar surface area (TPSA) is 12.0 Å². The molecule has 0 radical (unpaired) electrons. The van der Waals surface area contributed by atoms with Gasteiger partial charge in [0.1, 0.15) is 0 Å². The maximum atomic E-state index is 3.47. The molecule has 0 aromatic heterocycles. The third-order valence-corrected chi connectivity index (χ3v) is 3.24. The number of hydrogen-bond acceptors (Lipinski definition) is 1. The molecule has 0 aromatic carbocycles. The van der Waals surface area contributed by atoms with Crippen molar-refractivity contribution >= 4 is 0 Å². The lowest BCUT2D eigenvalue weighted by Crippen LogP contribution is -2.31. The van der Waals surface area contributed by atoms with Gasteiger partial charge in [0.25, 0.3) is 0 Å². The smallest absolute Gasteiger partial charge is 0.000250 e. The van der Waals surface area contributed by atoms with E-state index in [0.29, 0.717) is 5.41 Å². The van der Waals surface area contributed by atoms with Crippen molar-refractivity contribution in [1.29, 1.82) is 0 Å². The van der Waals surface area contributed by atoms with Gasteiger partial charge in [-0.2, -0.15) is 0 Å². The summed E-state index contributed by atoms with van der Waals surface area (Å²) < 4.78 is 0. The number of nitrogens with one attached hydrogen (secondary N) is 1. The zero-order valence-corrected chi connectivity index (χ0v) is 11.5. The summed E-state index contributed by atoms with van der Waals surface area (Å²) in [6.07, 6.45) is 6.87. The largest absolute Gasteiger partial charge is 0.316 e. The van der Waals surface area contributed by atoms with E-state index in [1.807, 2.05) is 0 Å². The van der Waals surface area contributed by atoms with Crippen LogP contribution in [0.25, 0.3) is 0 Å². The molecule has 1 heteroatoms. The van der Waals surface area contributed by atoms with E-state index in [9.17, 15) is 0 Å². The van der Waals surface area contributed by atoms with Crippen LogP contribution in [0, 0.1) is 11.3 Å². The minimum atomic E-state index is 0.463. The van der Waals surface area contributed by atoms with E-state index in [0.717, 1.165) is 19.0 Å². The molecule has 1 atom stereocenters. The van der Waals surface area contributed by atoms with Gasteiger partial charge in [0.15, 0.2) is 0 Å². The Morgan fingerprint density at radius 1 is 1.13 bits per heavy atom. The molecule has 0 saturated heterocycles. The highest BCUT2D eigenvalue weighted by atomic mass is 14.9. The Balaban J connectivity index is 3.90. The molecule has 0 rings (SSSR count). The van der Waals surface area contributed by atoms with Crippen LogP contribution in [0.2, 0.25) is 0 Å². The Morgan fingerprint density at radius 2 is 1.80 bits per heavy atom. The van der Waals surface area contributed by atoms with E-state index in [4.69, 9.17) is 0 Å². The first-order valence-electron chi connectivity index (χ1n) is 6.76. The van der Waals surface area contributed by atoms with Crippen LogP contribution in [0.3, 0.4) is 0 Å². The highest BCUT2D eigenvalue weighted by Crippen LogP contribution is 2.29. The molecular formula is C14H31N. The monoisotopic (exact) mass is 213 g/mol. The van der Waals surface area contributed by atoms with E-state index in [1.165, 1.54) is 32.1 Å². The van der Waals surface area contributed by atoms with Crippen molar-refractivity contribution in [3.05, 3.63) is 0 Å². The average molecular weight is 213 g/mol. The summed E-state index contributed by atoms with van der Waals surface area (Å²) in [6, 6.07) is 0. The van der Waals surface area contributed by atoms with Crippen molar-refractivity contribution in [2.75, 3.05) is 13.1 Å². The minimum absolute atomic E-state index is 0.463. The quantitative estimate of drug-likeness (QED) is 0.604. The van der Waals surface area contributed by atoms with Gasteiger partial charge in [-0.15, -0.1) is 0 Å². The highest BCUT2D eigenvalue weighted by Gasteiger charge is 2.21. The Bertz CT molecular complexity index is 140. The Labute approximate surface area is 97.0 Å². The molecular weight excluding hydrogens is 182 g/mol. The van der Waals surface area contributed by atoms with Crippen LogP contribution >= 0.6 is 0 Å². The second kappa shape index (κ2) is 8.15. The van der Waals surface area contributed by atoms with Gasteiger partial charge in [-0.3, -0.25) is 0 Å². The summed E-state index contributed by atoms with van der Waals surface area (Å²) in [5.74, 6) is 0.929. The summed E-state index contributed by atoms with van der Waals surface area (Å²) in [7, 11) is 0. The SMILES string of the molecule is CCCCC(CC)CC(C)(C)CNCC. The molecule has 0 aliphatic heterocycles. The fourth-order valence-electron chi connectivity index (χ4n) is 2.26. The van der Waals surface area contributed by atoms with E-state index in [1.54, 1.807) is 0 Å². The highest BCUT2D eigenvalue weighted by molar-refractivity contribution is 4.75. The van der Waals surface area contributed by atoms with Gasteiger partial charge in [-0.25, -0.2) is 0 Å². The first-order chi connectivity index (χ1) is 7.05. The maximum absolute atomic E-state index is 3.47. The van der Waals surface area contributed by atoms with Crippen molar-refractivity contribution in [3.63, 3.8) is 0 Å². The Hall–Kier alpha value is -0.0400. The molecule has 0 saturated carbocycles. The maximum Gasteiger partial charge on any atom is 0.000250 e. The normalized spacial score (nSPS) is 14.2. The summed E-state index contributed by atoms with van der Waals surface area (Å²) in [6.45, 7) is 13.8. The van der Waals surface area contributed by atoms with Crippen molar-refractivity contribution in [2.45, 2.75) is 66.7 Å². The van der Waals surface area contributed by atoms with Gasteiger partial charge >= 0.3 is 0 Å². The fourth-order valence-corrected chi connectivity index (χ4v) is 2.26. The van der Waals surface area contributed by atoms with Gasteiger partial charge in [0, 0.05) is 6.54 Å². The standard InChI is InChI=1S/C14H31N/c1-6-9-10-13(7-2)11-14(4,5)12-15-8-3/h13,15H,6-12H2,1-5H3. The molecule has 0 aromatic rings. The van der Waals surface area contributed by atoms with Gasteiger partial charge in [0.2, 0.25) is 0 Å². The molecule has 0 fully saturated rings. The zero-order valence-electron chi connectivity index (χ0n) is 11.5. The number of hydrogen-bond donors (Lipinski definition) is 1. The fraction of sp³-hybridized carbons (Fsp3) is 1.00. The number of rotatable bonds is 9. The lowest BCUT2D eigenvalue weighted by molar-refractivity contribution is 0.241. The summed E-state index contributed by atoms with van der Waals surface area (Å²) in [5.41, 5.74) is 0.463. The lowest BCUT2D eigenvalue weighted by Gasteiger charge is -2.29. The van der Waals surface area contributed by atoms with Crippen LogP contribution in [0.15, 0.2) is 0 Å². The zero-order chi connectivity index (χ0) is 11.7. The summed E-state index contributed by atoms with van der Waals surface area (Å²) in [5, 5.41) is 3.47. The predicted octanol–water partition coefficient (Wildman–Crippen LogP) is 4.23. The second-order valence-corrected chi connectivity index (χ2v) is 5.57. The second-order valence-electron chi connectivity index (χ2n) is 5.57.